The minimum absolute atomic E-state index is 0.0688. The van der Waals surface area contributed by atoms with Gasteiger partial charge < -0.3 is 20.1 Å². The van der Waals surface area contributed by atoms with Gasteiger partial charge in [-0.2, -0.15) is 0 Å². The van der Waals surface area contributed by atoms with E-state index in [1.54, 1.807) is 0 Å². The van der Waals surface area contributed by atoms with Crippen LogP contribution >= 0.6 is 0 Å². The summed E-state index contributed by atoms with van der Waals surface area (Å²) in [7, 11) is 0. The van der Waals surface area contributed by atoms with Crippen LogP contribution in [0, 0.1) is 0 Å². The molecule has 1 atom stereocenters. The standard InChI is InChI=1S/C14H16N2O4/c17-13-8-15-14(18)10(16-13)3-1-9-2-4-11-12(7-9)20-6-5-19-11/h2,4,7,10H,1,3,5-6,8H2,(H,15,18)(H,16,17). The largest absolute Gasteiger partial charge is 0.486 e. The van der Waals surface area contributed by atoms with Crippen LogP contribution in [-0.4, -0.2) is 37.6 Å². The second kappa shape index (κ2) is 5.40. The second-order valence-corrected chi connectivity index (χ2v) is 4.85. The summed E-state index contributed by atoms with van der Waals surface area (Å²) in [6, 6.07) is 5.31. The molecule has 0 bridgehead atoms. The predicted octanol–water partition coefficient (Wildman–Crippen LogP) is 0.00500. The highest BCUT2D eigenvalue weighted by Crippen LogP contribution is 2.31. The van der Waals surface area contributed by atoms with E-state index in [-0.39, 0.29) is 18.4 Å². The molecule has 6 nitrogen and oxygen atoms in total. The summed E-state index contributed by atoms with van der Waals surface area (Å²) in [6.45, 7) is 1.19. The van der Waals surface area contributed by atoms with Crippen molar-refractivity contribution in [3.63, 3.8) is 0 Å². The van der Waals surface area contributed by atoms with Crippen LogP contribution in [0.2, 0.25) is 0 Å². The quantitative estimate of drug-likeness (QED) is 0.815. The van der Waals surface area contributed by atoms with E-state index >= 15 is 0 Å². The SMILES string of the molecule is O=C1CNC(=O)C(CCc2ccc3c(c2)OCCO3)N1. The lowest BCUT2D eigenvalue weighted by Gasteiger charge is -2.23. The number of rotatable bonds is 3. The molecule has 6 heteroatoms. The molecule has 20 heavy (non-hydrogen) atoms. The van der Waals surface area contributed by atoms with Crippen molar-refractivity contribution in [1.82, 2.24) is 10.6 Å². The van der Waals surface area contributed by atoms with Crippen molar-refractivity contribution in [2.24, 2.45) is 0 Å². The van der Waals surface area contributed by atoms with Crippen LogP contribution < -0.4 is 20.1 Å². The van der Waals surface area contributed by atoms with E-state index in [1.807, 2.05) is 18.2 Å². The number of ether oxygens (including phenoxy) is 2. The average molecular weight is 276 g/mol. The van der Waals surface area contributed by atoms with Crippen molar-refractivity contribution >= 4 is 11.8 Å². The highest BCUT2D eigenvalue weighted by molar-refractivity contribution is 5.94. The van der Waals surface area contributed by atoms with Gasteiger partial charge in [0.05, 0.1) is 6.54 Å². The minimum atomic E-state index is -0.454. The van der Waals surface area contributed by atoms with Gasteiger partial charge in [-0.1, -0.05) is 6.07 Å². The van der Waals surface area contributed by atoms with Crippen LogP contribution in [0.5, 0.6) is 11.5 Å². The van der Waals surface area contributed by atoms with E-state index in [2.05, 4.69) is 10.6 Å². The molecular weight excluding hydrogens is 260 g/mol. The van der Waals surface area contributed by atoms with Crippen LogP contribution in [0.15, 0.2) is 18.2 Å². The van der Waals surface area contributed by atoms with E-state index in [4.69, 9.17) is 9.47 Å². The maximum atomic E-state index is 11.6. The number of piperazine rings is 1. The van der Waals surface area contributed by atoms with Gasteiger partial charge in [-0.05, 0) is 30.5 Å². The van der Waals surface area contributed by atoms with Crippen molar-refractivity contribution in [2.45, 2.75) is 18.9 Å². The molecule has 0 spiro atoms. The molecule has 2 aliphatic rings. The van der Waals surface area contributed by atoms with Gasteiger partial charge in [-0.25, -0.2) is 0 Å². The van der Waals surface area contributed by atoms with Crippen molar-refractivity contribution < 1.29 is 19.1 Å². The van der Waals surface area contributed by atoms with E-state index in [9.17, 15) is 9.59 Å². The minimum Gasteiger partial charge on any atom is -0.486 e. The maximum Gasteiger partial charge on any atom is 0.243 e. The summed E-state index contributed by atoms with van der Waals surface area (Å²) in [5, 5.41) is 5.26. The Morgan fingerprint density at radius 1 is 1.15 bits per heavy atom. The molecule has 2 amide bonds. The molecule has 2 aliphatic heterocycles. The Labute approximate surface area is 116 Å². The fourth-order valence-electron chi connectivity index (χ4n) is 2.36. The van der Waals surface area contributed by atoms with Crippen LogP contribution in [0.4, 0.5) is 0 Å². The van der Waals surface area contributed by atoms with Crippen molar-refractivity contribution in [1.29, 1.82) is 0 Å². The molecule has 2 N–H and O–H groups in total. The lowest BCUT2D eigenvalue weighted by molar-refractivity contribution is -0.133. The zero-order valence-corrected chi connectivity index (χ0v) is 11.0. The Balaban J connectivity index is 1.63. The number of carbonyl (C=O) groups excluding carboxylic acids is 2. The summed E-state index contributed by atoms with van der Waals surface area (Å²) >= 11 is 0. The number of nitrogens with one attached hydrogen (secondary N) is 2. The number of carbonyl (C=O) groups is 2. The van der Waals surface area contributed by atoms with Crippen LogP contribution in [0.3, 0.4) is 0 Å². The monoisotopic (exact) mass is 276 g/mol. The molecule has 3 rings (SSSR count). The maximum absolute atomic E-state index is 11.6. The zero-order chi connectivity index (χ0) is 13.9. The molecule has 1 fully saturated rings. The van der Waals surface area contributed by atoms with E-state index in [1.165, 1.54) is 0 Å². The molecule has 1 aromatic rings. The Bertz CT molecular complexity index is 544. The molecule has 0 aliphatic carbocycles. The zero-order valence-electron chi connectivity index (χ0n) is 11.0. The smallest absolute Gasteiger partial charge is 0.243 e. The number of amides is 2. The molecule has 106 valence electrons. The molecule has 0 radical (unpaired) electrons. The van der Waals surface area contributed by atoms with E-state index in [0.717, 1.165) is 17.1 Å². The fourth-order valence-corrected chi connectivity index (χ4v) is 2.36. The van der Waals surface area contributed by atoms with Gasteiger partial charge in [0.15, 0.2) is 11.5 Å². The third-order valence-corrected chi connectivity index (χ3v) is 3.40. The Kier molecular flexibility index (Phi) is 3.45. The van der Waals surface area contributed by atoms with Crippen molar-refractivity contribution in [3.05, 3.63) is 23.8 Å². The first-order valence-corrected chi connectivity index (χ1v) is 6.68. The molecule has 0 saturated carbocycles. The molecule has 1 saturated heterocycles. The summed E-state index contributed by atoms with van der Waals surface area (Å²) in [6.07, 6.45) is 1.26. The molecule has 2 heterocycles. The van der Waals surface area contributed by atoms with Crippen LogP contribution in [0.1, 0.15) is 12.0 Å². The highest BCUT2D eigenvalue weighted by Gasteiger charge is 2.25. The topological polar surface area (TPSA) is 76.7 Å². The van der Waals surface area contributed by atoms with Gasteiger partial charge in [0.2, 0.25) is 11.8 Å². The Morgan fingerprint density at radius 2 is 1.95 bits per heavy atom. The van der Waals surface area contributed by atoms with Gasteiger partial charge in [-0.3, -0.25) is 9.59 Å². The van der Waals surface area contributed by atoms with Gasteiger partial charge in [0.25, 0.3) is 0 Å². The Morgan fingerprint density at radius 3 is 2.80 bits per heavy atom. The summed E-state index contributed by atoms with van der Waals surface area (Å²) in [4.78, 5) is 22.9. The van der Waals surface area contributed by atoms with Crippen LogP contribution in [-0.2, 0) is 16.0 Å². The first-order chi connectivity index (χ1) is 9.72. The number of benzene rings is 1. The number of hydrogen-bond donors (Lipinski definition) is 2. The first-order valence-electron chi connectivity index (χ1n) is 6.68. The summed E-state index contributed by atoms with van der Waals surface area (Å²) in [5.41, 5.74) is 1.06. The van der Waals surface area contributed by atoms with Crippen molar-refractivity contribution in [2.75, 3.05) is 19.8 Å². The van der Waals surface area contributed by atoms with Crippen molar-refractivity contribution in [3.8, 4) is 11.5 Å². The first kappa shape index (κ1) is 12.8. The normalized spacial score (nSPS) is 21.1. The molecule has 0 aromatic heterocycles. The fraction of sp³-hybridized carbons (Fsp3) is 0.429. The van der Waals surface area contributed by atoms with Crippen LogP contribution in [0.25, 0.3) is 0 Å². The molecule has 1 unspecified atom stereocenters. The Hall–Kier alpha value is -2.24. The van der Waals surface area contributed by atoms with Gasteiger partial charge in [0.1, 0.15) is 19.3 Å². The third kappa shape index (κ3) is 2.68. The summed E-state index contributed by atoms with van der Waals surface area (Å²) in [5.74, 6) is 1.23. The molecule has 1 aromatic carbocycles. The lowest BCUT2D eigenvalue weighted by Crippen LogP contribution is -2.56. The van der Waals surface area contributed by atoms with Gasteiger partial charge in [0, 0.05) is 0 Å². The average Bonchev–Trinajstić information content (AvgIpc) is 2.48. The van der Waals surface area contributed by atoms with E-state index < -0.39 is 6.04 Å². The summed E-state index contributed by atoms with van der Waals surface area (Å²) < 4.78 is 11.0. The lowest BCUT2D eigenvalue weighted by atomic mass is 10.0. The second-order valence-electron chi connectivity index (χ2n) is 4.85. The van der Waals surface area contributed by atoms with Gasteiger partial charge in [-0.15, -0.1) is 0 Å². The van der Waals surface area contributed by atoms with Gasteiger partial charge >= 0.3 is 0 Å². The number of fused-ring (bicyclic) bond motifs is 1. The van der Waals surface area contributed by atoms with E-state index in [0.29, 0.717) is 26.1 Å². The number of hydrogen-bond acceptors (Lipinski definition) is 4. The highest BCUT2D eigenvalue weighted by atomic mass is 16.6. The molecular formula is C14H16N2O4. The predicted molar refractivity (Wildman–Crippen MR) is 70.7 cm³/mol. The third-order valence-electron chi connectivity index (χ3n) is 3.40. The number of aryl methyl sites for hydroxylation is 1.